The van der Waals surface area contributed by atoms with Crippen LogP contribution in [0.2, 0.25) is 0 Å². The Morgan fingerprint density at radius 3 is 2.69 bits per heavy atom. The van der Waals surface area contributed by atoms with Gasteiger partial charge < -0.3 is 19.4 Å². The Morgan fingerprint density at radius 1 is 1.14 bits per heavy atom. The first-order valence-electron chi connectivity index (χ1n) is 9.89. The van der Waals surface area contributed by atoms with Crippen LogP contribution in [-0.4, -0.2) is 53.8 Å². The molecule has 29 heavy (non-hydrogen) atoms. The first kappa shape index (κ1) is 20.6. The monoisotopic (exact) mass is 398 g/mol. The van der Waals surface area contributed by atoms with Crippen molar-refractivity contribution in [3.8, 4) is 5.75 Å². The highest BCUT2D eigenvalue weighted by molar-refractivity contribution is 6.01. The van der Waals surface area contributed by atoms with E-state index < -0.39 is 5.97 Å². The molecule has 1 aromatic carbocycles. The number of rotatable bonds is 9. The summed E-state index contributed by atoms with van der Waals surface area (Å²) in [6.45, 7) is 3.52. The molecule has 0 spiro atoms. The summed E-state index contributed by atoms with van der Waals surface area (Å²) in [7, 11) is 0. The van der Waals surface area contributed by atoms with Crippen molar-refractivity contribution in [2.75, 3.05) is 26.3 Å². The van der Waals surface area contributed by atoms with Crippen molar-refractivity contribution in [3.63, 3.8) is 0 Å². The van der Waals surface area contributed by atoms with Crippen LogP contribution in [0.1, 0.15) is 52.1 Å². The second-order valence-electron chi connectivity index (χ2n) is 7.15. The molecule has 2 heterocycles. The molecule has 0 aliphatic carbocycles. The predicted molar refractivity (Wildman–Crippen MR) is 107 cm³/mol. The molecule has 154 valence electrons. The van der Waals surface area contributed by atoms with Gasteiger partial charge in [-0.2, -0.15) is 0 Å². The fourth-order valence-corrected chi connectivity index (χ4v) is 3.18. The summed E-state index contributed by atoms with van der Waals surface area (Å²) >= 11 is 0. The molecule has 1 saturated heterocycles. The Bertz CT molecular complexity index is 868. The van der Waals surface area contributed by atoms with Crippen LogP contribution in [0.4, 0.5) is 0 Å². The van der Waals surface area contributed by atoms with Gasteiger partial charge in [-0.25, -0.2) is 0 Å². The number of hydrogen-bond donors (Lipinski definition) is 1. The molecular formula is C22H26N2O5. The van der Waals surface area contributed by atoms with Gasteiger partial charge in [0, 0.05) is 31.3 Å². The molecule has 2 aromatic rings. The van der Waals surface area contributed by atoms with Gasteiger partial charge >= 0.3 is 5.97 Å². The fourth-order valence-electron chi connectivity index (χ4n) is 3.18. The van der Waals surface area contributed by atoms with Crippen molar-refractivity contribution in [1.29, 1.82) is 0 Å². The minimum Gasteiger partial charge on any atom is -0.494 e. The predicted octanol–water partition coefficient (Wildman–Crippen LogP) is 3.14. The van der Waals surface area contributed by atoms with Crippen LogP contribution < -0.4 is 4.74 Å². The lowest BCUT2D eigenvalue weighted by Crippen LogP contribution is -2.27. The summed E-state index contributed by atoms with van der Waals surface area (Å²) in [4.78, 5) is 40.9. The molecule has 0 bridgehead atoms. The van der Waals surface area contributed by atoms with E-state index in [1.54, 1.807) is 4.90 Å². The normalized spacial score (nSPS) is 13.3. The van der Waals surface area contributed by atoms with E-state index in [1.165, 1.54) is 12.3 Å². The van der Waals surface area contributed by atoms with E-state index in [9.17, 15) is 14.4 Å². The molecule has 1 N–H and O–H groups in total. The van der Waals surface area contributed by atoms with Crippen molar-refractivity contribution in [2.45, 2.75) is 32.6 Å². The average molecular weight is 398 g/mol. The molecule has 1 aliphatic rings. The van der Waals surface area contributed by atoms with E-state index in [0.717, 1.165) is 37.2 Å². The van der Waals surface area contributed by atoms with Gasteiger partial charge in [0.2, 0.25) is 5.78 Å². The fraction of sp³-hybridized carbons (Fsp3) is 0.409. The Kier molecular flexibility index (Phi) is 7.05. The number of aromatic amines is 1. The van der Waals surface area contributed by atoms with Gasteiger partial charge in [0.25, 0.3) is 5.91 Å². The number of amides is 1. The Labute approximate surface area is 170 Å². The number of Topliss-reactive ketones (excluding diaryl/α,β-unsaturated/α-hetero) is 1. The maximum atomic E-state index is 12.3. The minimum atomic E-state index is -0.449. The number of aryl methyl sites for hydroxylation is 1. The highest BCUT2D eigenvalue weighted by Gasteiger charge is 2.22. The van der Waals surface area contributed by atoms with Gasteiger partial charge in [-0.1, -0.05) is 12.1 Å². The second-order valence-corrected chi connectivity index (χ2v) is 7.15. The Balaban J connectivity index is 1.36. The van der Waals surface area contributed by atoms with E-state index in [2.05, 4.69) is 4.98 Å². The third-order valence-electron chi connectivity index (χ3n) is 4.78. The topological polar surface area (TPSA) is 88.7 Å². The summed E-state index contributed by atoms with van der Waals surface area (Å²) in [5.74, 6) is -0.131. The molecule has 1 aliphatic heterocycles. The van der Waals surface area contributed by atoms with E-state index in [0.29, 0.717) is 24.3 Å². The van der Waals surface area contributed by atoms with Crippen molar-refractivity contribution < 1.29 is 23.9 Å². The van der Waals surface area contributed by atoms with E-state index in [4.69, 9.17) is 9.47 Å². The molecule has 1 amide bonds. The zero-order valence-corrected chi connectivity index (χ0v) is 16.6. The number of benzene rings is 1. The van der Waals surface area contributed by atoms with Crippen molar-refractivity contribution >= 4 is 17.7 Å². The molecule has 1 aromatic heterocycles. The number of nitrogens with zero attached hydrogens (tertiary/aromatic N) is 1. The smallest absolute Gasteiger partial charge is 0.306 e. The first-order chi connectivity index (χ1) is 14.0. The quantitative estimate of drug-likeness (QED) is 0.398. The highest BCUT2D eigenvalue weighted by atomic mass is 16.5. The van der Waals surface area contributed by atoms with Crippen molar-refractivity contribution in [1.82, 2.24) is 9.88 Å². The number of esters is 1. The number of hydrogen-bond acceptors (Lipinski definition) is 5. The molecule has 3 rings (SSSR count). The van der Waals surface area contributed by atoms with Crippen LogP contribution in [0.15, 0.2) is 36.5 Å². The summed E-state index contributed by atoms with van der Waals surface area (Å²) in [5, 5.41) is 0. The molecule has 0 radical (unpaired) electrons. The zero-order chi connectivity index (χ0) is 20.6. The number of ether oxygens (including phenoxy) is 2. The largest absolute Gasteiger partial charge is 0.494 e. The van der Waals surface area contributed by atoms with Crippen LogP contribution in [0.25, 0.3) is 0 Å². The summed E-state index contributed by atoms with van der Waals surface area (Å²) in [6.07, 6.45) is 4.16. The molecule has 7 heteroatoms. The number of ketones is 1. The van der Waals surface area contributed by atoms with E-state index in [-0.39, 0.29) is 24.7 Å². The summed E-state index contributed by atoms with van der Waals surface area (Å²) < 4.78 is 10.6. The van der Waals surface area contributed by atoms with Crippen LogP contribution in [-0.2, 0) is 9.53 Å². The van der Waals surface area contributed by atoms with Gasteiger partial charge in [0.15, 0.2) is 6.61 Å². The van der Waals surface area contributed by atoms with Gasteiger partial charge in [-0.3, -0.25) is 14.4 Å². The number of H-pyrrole nitrogens is 1. The maximum absolute atomic E-state index is 12.3. The molecule has 1 fully saturated rings. The number of likely N-dealkylation sites (tertiary alicyclic amines) is 1. The van der Waals surface area contributed by atoms with Crippen molar-refractivity contribution in [3.05, 3.63) is 53.3 Å². The van der Waals surface area contributed by atoms with Crippen LogP contribution in [0.5, 0.6) is 5.75 Å². The SMILES string of the molecule is Cc1cccc(OCCCC(=O)OCC(=O)c2c[nH]c(C(=O)N3CCCC3)c2)c1. The van der Waals surface area contributed by atoms with Crippen LogP contribution >= 0.6 is 0 Å². The number of carbonyl (C=O) groups excluding carboxylic acids is 3. The molecule has 0 saturated carbocycles. The van der Waals surface area contributed by atoms with Gasteiger partial charge in [0.1, 0.15) is 11.4 Å². The lowest BCUT2D eigenvalue weighted by molar-refractivity contribution is -0.142. The van der Waals surface area contributed by atoms with Gasteiger partial charge in [-0.15, -0.1) is 0 Å². The Hall–Kier alpha value is -3.09. The third kappa shape index (κ3) is 5.94. The standard InChI is InChI=1S/C22H26N2O5/c1-16-6-4-7-18(12-16)28-11-5-8-21(26)29-15-20(25)17-13-19(23-14-17)22(27)24-9-2-3-10-24/h4,6-7,12-14,23H,2-3,5,8-11,15H2,1H3. The van der Waals surface area contributed by atoms with E-state index >= 15 is 0 Å². The number of aromatic nitrogens is 1. The Morgan fingerprint density at radius 2 is 1.93 bits per heavy atom. The van der Waals surface area contributed by atoms with Gasteiger partial charge in [0.05, 0.1) is 6.61 Å². The third-order valence-corrected chi connectivity index (χ3v) is 4.78. The lowest BCUT2D eigenvalue weighted by atomic mass is 10.2. The van der Waals surface area contributed by atoms with E-state index in [1.807, 2.05) is 31.2 Å². The van der Waals surface area contributed by atoms with Crippen molar-refractivity contribution in [2.24, 2.45) is 0 Å². The summed E-state index contributed by atoms with van der Waals surface area (Å²) in [6, 6.07) is 9.21. The average Bonchev–Trinajstić information content (AvgIpc) is 3.41. The van der Waals surface area contributed by atoms with Gasteiger partial charge in [-0.05, 0) is 49.9 Å². The summed E-state index contributed by atoms with van der Waals surface area (Å²) in [5.41, 5.74) is 1.83. The molecule has 7 nitrogen and oxygen atoms in total. The highest BCUT2D eigenvalue weighted by Crippen LogP contribution is 2.14. The molecule has 0 atom stereocenters. The van der Waals surface area contributed by atoms with Crippen LogP contribution in [0.3, 0.4) is 0 Å². The second kappa shape index (κ2) is 9.91. The minimum absolute atomic E-state index is 0.104. The maximum Gasteiger partial charge on any atom is 0.306 e. The zero-order valence-electron chi connectivity index (χ0n) is 16.6. The first-order valence-corrected chi connectivity index (χ1v) is 9.89. The number of carbonyl (C=O) groups is 3. The molecule has 0 unspecified atom stereocenters. The number of nitrogens with one attached hydrogen (secondary N) is 1. The lowest BCUT2D eigenvalue weighted by Gasteiger charge is -2.13. The molecular weight excluding hydrogens is 372 g/mol. The van der Waals surface area contributed by atoms with Crippen LogP contribution in [0, 0.1) is 6.92 Å².